The minimum atomic E-state index is -1.40. The lowest BCUT2D eigenvalue weighted by atomic mass is 10.1. The fraction of sp³-hybridized carbons (Fsp3) is 0.438. The molecule has 0 fully saturated rings. The maximum absolute atomic E-state index is 12.9. The summed E-state index contributed by atoms with van der Waals surface area (Å²) < 4.78 is 0.892. The third-order valence-electron chi connectivity index (χ3n) is 3.91. The van der Waals surface area contributed by atoms with Crippen molar-refractivity contribution >= 4 is 91.2 Å². The number of rotatable bonds is 9. The number of nitrogens with one attached hydrogen (secondary N) is 1. The highest BCUT2D eigenvalue weighted by molar-refractivity contribution is 14.1. The van der Waals surface area contributed by atoms with Gasteiger partial charge in [-0.3, -0.25) is 14.4 Å². The zero-order chi connectivity index (χ0) is 22.5. The van der Waals surface area contributed by atoms with Crippen LogP contribution in [0, 0.1) is 10.7 Å². The second-order valence-electron chi connectivity index (χ2n) is 5.81. The van der Waals surface area contributed by atoms with Gasteiger partial charge in [0.2, 0.25) is 5.91 Å². The Morgan fingerprint density at radius 2 is 1.59 bits per heavy atom. The normalized spacial score (nSPS) is 13.0. The number of halogens is 3. The van der Waals surface area contributed by atoms with Gasteiger partial charge in [-0.05, 0) is 67.8 Å². The largest absolute Gasteiger partial charge is 0.395 e. The van der Waals surface area contributed by atoms with Crippen LogP contribution in [0.5, 0.6) is 0 Å². The van der Waals surface area contributed by atoms with Crippen LogP contribution in [0.2, 0.25) is 0 Å². The first-order chi connectivity index (χ1) is 13.5. The quantitative estimate of drug-likeness (QED) is 0.183. The smallest absolute Gasteiger partial charge is 0.253 e. The van der Waals surface area contributed by atoms with Crippen molar-refractivity contribution < 1.29 is 34.8 Å². The maximum atomic E-state index is 12.9. The number of primary amides is 1. The van der Waals surface area contributed by atoms with Gasteiger partial charge in [0.25, 0.3) is 11.8 Å². The number of aliphatic hydroxyl groups is 4. The van der Waals surface area contributed by atoms with E-state index in [0.717, 1.165) is 0 Å². The summed E-state index contributed by atoms with van der Waals surface area (Å²) in [6.07, 6.45) is -1.40. The van der Waals surface area contributed by atoms with E-state index in [0.29, 0.717) is 7.14 Å². The summed E-state index contributed by atoms with van der Waals surface area (Å²) in [6, 6.07) is -1.15. The van der Waals surface area contributed by atoms with Crippen molar-refractivity contribution in [3.8, 4) is 0 Å². The average molecular weight is 747 g/mol. The number of nitrogens with zero attached hydrogens (tertiary/aromatic N) is 1. The van der Waals surface area contributed by atoms with Crippen molar-refractivity contribution in [3.63, 3.8) is 0 Å². The molecule has 1 rings (SSSR count). The van der Waals surface area contributed by atoms with Gasteiger partial charge in [-0.15, -0.1) is 0 Å². The molecule has 0 aliphatic rings. The summed E-state index contributed by atoms with van der Waals surface area (Å²) in [7, 11) is 0. The highest BCUT2D eigenvalue weighted by Crippen LogP contribution is 2.37. The van der Waals surface area contributed by atoms with E-state index in [1.165, 1.54) is 11.8 Å². The molecule has 1 aromatic rings. The minimum absolute atomic E-state index is 0.0168. The van der Waals surface area contributed by atoms with Gasteiger partial charge in [-0.2, -0.15) is 0 Å². The molecule has 13 heteroatoms. The number of benzene rings is 1. The first-order valence-corrected chi connectivity index (χ1v) is 11.4. The van der Waals surface area contributed by atoms with Crippen molar-refractivity contribution in [3.05, 3.63) is 21.8 Å². The summed E-state index contributed by atoms with van der Waals surface area (Å²) >= 11 is 5.49. The zero-order valence-corrected chi connectivity index (χ0v) is 21.6. The van der Waals surface area contributed by atoms with E-state index in [9.17, 15) is 29.7 Å². The Morgan fingerprint density at radius 1 is 1.03 bits per heavy atom. The summed E-state index contributed by atoms with van der Waals surface area (Å²) in [6.45, 7) is -0.448. The van der Waals surface area contributed by atoms with Crippen molar-refractivity contribution in [1.29, 1.82) is 0 Å². The summed E-state index contributed by atoms with van der Waals surface area (Å²) in [5.74, 6) is -1.97. The van der Waals surface area contributed by atoms with Crippen LogP contribution in [-0.4, -0.2) is 76.7 Å². The minimum Gasteiger partial charge on any atom is -0.395 e. The van der Waals surface area contributed by atoms with E-state index in [1.807, 2.05) is 45.2 Å². The molecule has 162 valence electrons. The van der Waals surface area contributed by atoms with Crippen molar-refractivity contribution in [2.75, 3.05) is 31.3 Å². The molecule has 0 saturated carbocycles. The second kappa shape index (κ2) is 11.9. The molecule has 1 aromatic carbocycles. The Hall–Kier alpha value is -0.340. The van der Waals surface area contributed by atoms with Gasteiger partial charge in [0, 0.05) is 17.0 Å². The van der Waals surface area contributed by atoms with E-state index in [4.69, 9.17) is 10.8 Å². The van der Waals surface area contributed by atoms with Crippen LogP contribution in [0.3, 0.4) is 0 Å². The van der Waals surface area contributed by atoms with Crippen molar-refractivity contribution in [1.82, 2.24) is 5.32 Å². The molecule has 3 amide bonds. The van der Waals surface area contributed by atoms with Crippen LogP contribution in [0.4, 0.5) is 5.69 Å². The first-order valence-electron chi connectivity index (χ1n) is 8.13. The predicted molar refractivity (Wildman–Crippen MR) is 130 cm³/mol. The Bertz CT molecular complexity index is 807. The number of amides is 3. The summed E-state index contributed by atoms with van der Waals surface area (Å²) in [5, 5.41) is 39.9. The molecule has 10 nitrogen and oxygen atoms in total. The van der Waals surface area contributed by atoms with Gasteiger partial charge in [0.15, 0.2) is 0 Å². The lowest BCUT2D eigenvalue weighted by Crippen LogP contribution is -2.48. The van der Waals surface area contributed by atoms with Crippen LogP contribution in [0.1, 0.15) is 27.6 Å². The number of anilines is 1. The SMILES string of the molecule is CC(=O)N(CCO)c1c(I)c(C(N)=O)c(I)c(C(=O)NC(CO)C(O)CO)c1I. The van der Waals surface area contributed by atoms with Crippen molar-refractivity contribution in [2.45, 2.75) is 19.1 Å². The van der Waals surface area contributed by atoms with E-state index >= 15 is 0 Å². The fourth-order valence-electron chi connectivity index (χ4n) is 2.46. The Labute approximate surface area is 207 Å². The van der Waals surface area contributed by atoms with E-state index in [1.54, 1.807) is 22.6 Å². The van der Waals surface area contributed by atoms with Gasteiger partial charge in [-0.1, -0.05) is 0 Å². The Balaban J connectivity index is 3.72. The number of carbonyl (C=O) groups excluding carboxylic acids is 3. The van der Waals surface area contributed by atoms with E-state index in [-0.39, 0.29) is 33.5 Å². The molecule has 0 aliphatic carbocycles. The molecule has 0 bridgehead atoms. The molecular formula is C16H20I3N3O7. The third-order valence-corrected chi connectivity index (χ3v) is 7.08. The Kier molecular flexibility index (Phi) is 10.9. The van der Waals surface area contributed by atoms with Crippen LogP contribution >= 0.6 is 67.8 Å². The van der Waals surface area contributed by atoms with Gasteiger partial charge >= 0.3 is 0 Å². The number of hydrogen-bond acceptors (Lipinski definition) is 7. The highest BCUT2D eigenvalue weighted by Gasteiger charge is 2.31. The fourth-order valence-corrected chi connectivity index (χ4v) is 7.23. The molecule has 29 heavy (non-hydrogen) atoms. The topological polar surface area (TPSA) is 173 Å². The van der Waals surface area contributed by atoms with Gasteiger partial charge in [-0.25, -0.2) is 0 Å². The standard InChI is InChI=1S/C16H20I3N3O7/c1-6(26)22(2-3-23)14-12(18)9(15(20)28)11(17)10(13(14)19)16(29)21-7(4-24)8(27)5-25/h7-8,23-25,27H,2-5H2,1H3,(H2,20,28)(H,21,29). The van der Waals surface area contributed by atoms with Crippen LogP contribution in [0.15, 0.2) is 0 Å². The zero-order valence-electron chi connectivity index (χ0n) is 15.2. The van der Waals surface area contributed by atoms with E-state index < -0.39 is 43.1 Å². The molecule has 7 N–H and O–H groups in total. The van der Waals surface area contributed by atoms with Crippen molar-refractivity contribution in [2.24, 2.45) is 5.73 Å². The molecule has 0 aromatic heterocycles. The molecule has 0 saturated heterocycles. The van der Waals surface area contributed by atoms with Gasteiger partial charge < -0.3 is 36.4 Å². The Morgan fingerprint density at radius 3 is 2.00 bits per heavy atom. The second-order valence-corrected chi connectivity index (χ2v) is 9.05. The lowest BCUT2D eigenvalue weighted by molar-refractivity contribution is -0.116. The third kappa shape index (κ3) is 6.10. The van der Waals surface area contributed by atoms with E-state index in [2.05, 4.69) is 5.32 Å². The maximum Gasteiger partial charge on any atom is 0.253 e. The molecule has 0 spiro atoms. The summed E-state index contributed by atoms with van der Waals surface area (Å²) in [5.41, 5.74) is 5.79. The average Bonchev–Trinajstić information content (AvgIpc) is 2.64. The first kappa shape index (κ1) is 26.7. The van der Waals surface area contributed by atoms with Gasteiger partial charge in [0.1, 0.15) is 0 Å². The lowest BCUT2D eigenvalue weighted by Gasteiger charge is -2.27. The van der Waals surface area contributed by atoms with Crippen LogP contribution in [0.25, 0.3) is 0 Å². The molecule has 2 unspecified atom stereocenters. The number of nitrogens with two attached hydrogens (primary N) is 1. The summed E-state index contributed by atoms with van der Waals surface area (Å²) in [4.78, 5) is 38.4. The number of aliphatic hydroxyl groups excluding tert-OH is 4. The van der Waals surface area contributed by atoms with Gasteiger partial charge in [0.05, 0.1) is 55.9 Å². The molecule has 0 radical (unpaired) electrons. The monoisotopic (exact) mass is 747 g/mol. The number of hydrogen-bond donors (Lipinski definition) is 6. The molecular weight excluding hydrogens is 727 g/mol. The molecule has 0 heterocycles. The van der Waals surface area contributed by atoms with Crippen LogP contribution in [-0.2, 0) is 4.79 Å². The molecule has 0 aliphatic heterocycles. The predicted octanol–water partition coefficient (Wildman–Crippen LogP) is -0.612. The number of carbonyl (C=O) groups is 3. The van der Waals surface area contributed by atoms with Crippen LogP contribution < -0.4 is 16.0 Å². The highest BCUT2D eigenvalue weighted by atomic mass is 127. The molecule has 2 atom stereocenters.